The molecule has 0 aromatic heterocycles. The second-order valence-corrected chi connectivity index (χ2v) is 5.45. The fourth-order valence-corrected chi connectivity index (χ4v) is 1.95. The topological polar surface area (TPSA) is 76.4 Å². The summed E-state index contributed by atoms with van der Waals surface area (Å²) in [6.07, 6.45) is 2.18. The molecule has 1 saturated carbocycles. The van der Waals surface area contributed by atoms with E-state index in [2.05, 4.69) is 10.6 Å². The van der Waals surface area contributed by atoms with Gasteiger partial charge in [-0.1, -0.05) is 0 Å². The molecule has 0 atom stereocenters. The van der Waals surface area contributed by atoms with Crippen LogP contribution in [0, 0.1) is 5.92 Å². The number of nitrogen functional groups attached to an aromatic ring is 1. The maximum absolute atomic E-state index is 11.5. The van der Waals surface area contributed by atoms with Gasteiger partial charge in [-0.05, 0) is 32.8 Å². The van der Waals surface area contributed by atoms with E-state index in [4.69, 9.17) is 10.5 Å². The molecule has 0 radical (unpaired) electrons. The zero-order valence-electron chi connectivity index (χ0n) is 12.1. The monoisotopic (exact) mass is 277 g/mol. The van der Waals surface area contributed by atoms with E-state index in [9.17, 15) is 4.79 Å². The number of hydrogen-bond donors (Lipinski definition) is 3. The van der Waals surface area contributed by atoms with E-state index in [-0.39, 0.29) is 17.9 Å². The molecule has 0 unspecified atom stereocenters. The average molecular weight is 277 g/mol. The van der Waals surface area contributed by atoms with Gasteiger partial charge in [0.25, 0.3) is 0 Å². The quantitative estimate of drug-likeness (QED) is 0.526. The summed E-state index contributed by atoms with van der Waals surface area (Å²) in [5.74, 6) is 1.18. The Morgan fingerprint density at radius 3 is 2.75 bits per heavy atom. The molecule has 1 aromatic carbocycles. The van der Waals surface area contributed by atoms with Gasteiger partial charge in [0, 0.05) is 42.5 Å². The van der Waals surface area contributed by atoms with Gasteiger partial charge in [-0.3, -0.25) is 4.79 Å². The Morgan fingerprint density at radius 1 is 1.35 bits per heavy atom. The number of carbonyl (C=O) groups excluding carboxylic acids is 1. The summed E-state index contributed by atoms with van der Waals surface area (Å²) in [7, 11) is 0. The van der Waals surface area contributed by atoms with Crippen LogP contribution in [-0.4, -0.2) is 25.1 Å². The van der Waals surface area contributed by atoms with Crippen molar-refractivity contribution < 1.29 is 9.53 Å². The Labute approximate surface area is 119 Å². The second kappa shape index (κ2) is 6.50. The van der Waals surface area contributed by atoms with E-state index in [0.29, 0.717) is 18.8 Å². The van der Waals surface area contributed by atoms with Crippen molar-refractivity contribution in [3.05, 3.63) is 18.2 Å². The van der Waals surface area contributed by atoms with Crippen LogP contribution in [0.15, 0.2) is 18.2 Å². The van der Waals surface area contributed by atoms with Crippen molar-refractivity contribution in [3.63, 3.8) is 0 Å². The van der Waals surface area contributed by atoms with Crippen LogP contribution < -0.4 is 21.1 Å². The third-order valence-corrected chi connectivity index (χ3v) is 3.00. The lowest BCUT2D eigenvalue weighted by Gasteiger charge is -2.13. The van der Waals surface area contributed by atoms with Crippen molar-refractivity contribution in [2.75, 3.05) is 24.1 Å². The first kappa shape index (κ1) is 14.5. The predicted octanol–water partition coefficient (Wildman–Crippen LogP) is 1.99. The van der Waals surface area contributed by atoms with E-state index in [1.165, 1.54) is 0 Å². The molecule has 1 fully saturated rings. The molecule has 0 aliphatic heterocycles. The number of hydrogen-bond acceptors (Lipinski definition) is 4. The van der Waals surface area contributed by atoms with Gasteiger partial charge in [-0.15, -0.1) is 0 Å². The number of nitrogens with two attached hydrogens (primary N) is 1. The molecular formula is C15H23N3O2. The highest BCUT2D eigenvalue weighted by Gasteiger charge is 2.28. The van der Waals surface area contributed by atoms with Crippen LogP contribution in [0.4, 0.5) is 11.4 Å². The Kier molecular flexibility index (Phi) is 4.71. The third-order valence-electron chi connectivity index (χ3n) is 3.00. The summed E-state index contributed by atoms with van der Waals surface area (Å²) < 4.78 is 5.63. The van der Waals surface area contributed by atoms with Gasteiger partial charge in [0.2, 0.25) is 5.91 Å². The average Bonchev–Trinajstić information content (AvgIpc) is 3.17. The molecule has 0 heterocycles. The molecular weight excluding hydrogens is 254 g/mol. The molecule has 1 amide bonds. The highest BCUT2D eigenvalue weighted by atomic mass is 16.5. The molecule has 2 rings (SSSR count). The maximum Gasteiger partial charge on any atom is 0.223 e. The molecule has 5 heteroatoms. The number of amides is 1. The van der Waals surface area contributed by atoms with E-state index < -0.39 is 0 Å². The van der Waals surface area contributed by atoms with Crippen LogP contribution >= 0.6 is 0 Å². The first-order valence-electron chi connectivity index (χ1n) is 7.13. The van der Waals surface area contributed by atoms with Gasteiger partial charge in [0.15, 0.2) is 0 Å². The molecule has 110 valence electrons. The van der Waals surface area contributed by atoms with Gasteiger partial charge in [-0.2, -0.15) is 0 Å². The molecule has 0 saturated heterocycles. The van der Waals surface area contributed by atoms with E-state index in [1.54, 1.807) is 6.07 Å². The fourth-order valence-electron chi connectivity index (χ4n) is 1.95. The second-order valence-electron chi connectivity index (χ2n) is 5.45. The van der Waals surface area contributed by atoms with Crippen molar-refractivity contribution in [1.29, 1.82) is 0 Å². The largest absolute Gasteiger partial charge is 0.491 e. The molecule has 4 N–H and O–H groups in total. The number of rotatable bonds is 7. The zero-order valence-corrected chi connectivity index (χ0v) is 12.1. The number of nitrogens with one attached hydrogen (secondary N) is 2. The molecule has 5 nitrogen and oxygen atoms in total. The van der Waals surface area contributed by atoms with Gasteiger partial charge in [0.1, 0.15) is 5.75 Å². The minimum absolute atomic E-state index is 0.113. The molecule has 20 heavy (non-hydrogen) atoms. The molecule has 0 bridgehead atoms. The van der Waals surface area contributed by atoms with Crippen LogP contribution in [-0.2, 0) is 4.79 Å². The zero-order chi connectivity index (χ0) is 14.5. The highest BCUT2D eigenvalue weighted by molar-refractivity contribution is 5.80. The summed E-state index contributed by atoms with van der Waals surface area (Å²) in [6, 6.07) is 5.58. The van der Waals surface area contributed by atoms with Crippen molar-refractivity contribution in [1.82, 2.24) is 5.32 Å². The Morgan fingerprint density at radius 2 is 2.10 bits per heavy atom. The van der Waals surface area contributed by atoms with Gasteiger partial charge in [0.05, 0.1) is 6.10 Å². The van der Waals surface area contributed by atoms with Crippen LogP contribution in [0.2, 0.25) is 0 Å². The SMILES string of the molecule is CC(C)Oc1cc(N)cc(NCCNC(=O)C2CC2)c1. The summed E-state index contributed by atoms with van der Waals surface area (Å²) >= 11 is 0. The number of ether oxygens (including phenoxy) is 1. The fraction of sp³-hybridized carbons (Fsp3) is 0.533. The first-order chi connectivity index (χ1) is 9.54. The lowest BCUT2D eigenvalue weighted by atomic mass is 10.2. The molecule has 1 aliphatic rings. The lowest BCUT2D eigenvalue weighted by molar-refractivity contribution is -0.122. The van der Waals surface area contributed by atoms with Crippen molar-refractivity contribution in [3.8, 4) is 5.75 Å². The Hall–Kier alpha value is -1.91. The minimum atomic E-state index is 0.113. The standard InChI is InChI=1S/C15H23N3O2/c1-10(2)20-14-8-12(16)7-13(9-14)17-5-6-18-15(19)11-3-4-11/h7-11,17H,3-6,16H2,1-2H3,(H,18,19). The third kappa shape index (κ3) is 4.64. The number of anilines is 2. The highest BCUT2D eigenvalue weighted by Crippen LogP contribution is 2.28. The Balaban J connectivity index is 1.79. The molecule has 1 aliphatic carbocycles. The molecule has 0 spiro atoms. The van der Waals surface area contributed by atoms with Crippen LogP contribution in [0.5, 0.6) is 5.75 Å². The minimum Gasteiger partial charge on any atom is -0.491 e. The summed E-state index contributed by atoms with van der Waals surface area (Å²) in [4.78, 5) is 11.5. The van der Waals surface area contributed by atoms with Gasteiger partial charge < -0.3 is 21.1 Å². The first-order valence-corrected chi connectivity index (χ1v) is 7.13. The lowest BCUT2D eigenvalue weighted by Crippen LogP contribution is -2.29. The van der Waals surface area contributed by atoms with E-state index >= 15 is 0 Å². The van der Waals surface area contributed by atoms with Crippen molar-refractivity contribution in [2.24, 2.45) is 5.92 Å². The number of carbonyl (C=O) groups is 1. The van der Waals surface area contributed by atoms with E-state index in [1.807, 2.05) is 26.0 Å². The van der Waals surface area contributed by atoms with E-state index in [0.717, 1.165) is 24.3 Å². The summed E-state index contributed by atoms with van der Waals surface area (Å²) in [5.41, 5.74) is 7.41. The van der Waals surface area contributed by atoms with Gasteiger partial charge in [-0.25, -0.2) is 0 Å². The normalized spacial score (nSPS) is 14.2. The number of benzene rings is 1. The maximum atomic E-state index is 11.5. The van der Waals surface area contributed by atoms with Crippen LogP contribution in [0.1, 0.15) is 26.7 Å². The van der Waals surface area contributed by atoms with Crippen molar-refractivity contribution in [2.45, 2.75) is 32.8 Å². The summed E-state index contributed by atoms with van der Waals surface area (Å²) in [6.45, 7) is 5.24. The predicted molar refractivity (Wildman–Crippen MR) is 80.8 cm³/mol. The Bertz CT molecular complexity index is 470. The van der Waals surface area contributed by atoms with Crippen LogP contribution in [0.3, 0.4) is 0 Å². The van der Waals surface area contributed by atoms with Crippen molar-refractivity contribution >= 4 is 17.3 Å². The van der Waals surface area contributed by atoms with Gasteiger partial charge >= 0.3 is 0 Å². The molecule has 1 aromatic rings. The van der Waals surface area contributed by atoms with Crippen LogP contribution in [0.25, 0.3) is 0 Å². The smallest absolute Gasteiger partial charge is 0.223 e. The summed E-state index contributed by atoms with van der Waals surface area (Å²) in [5, 5.41) is 6.15.